The molecule has 0 aliphatic carbocycles. The lowest BCUT2D eigenvalue weighted by Crippen LogP contribution is -2.02. The van der Waals surface area contributed by atoms with Gasteiger partial charge in [-0.1, -0.05) is 36.4 Å². The molecule has 0 aliphatic heterocycles. The molecule has 0 aromatic heterocycles. The zero-order chi connectivity index (χ0) is 13.8. The van der Waals surface area contributed by atoms with Crippen LogP contribution in [0.25, 0.3) is 0 Å². The molecule has 1 atom stereocenters. The van der Waals surface area contributed by atoms with Gasteiger partial charge in [0.2, 0.25) is 0 Å². The maximum atomic E-state index is 12.4. The Kier molecular flexibility index (Phi) is 4.51. The normalized spacial score (nSPS) is 12.4. The van der Waals surface area contributed by atoms with Crippen molar-refractivity contribution in [2.45, 2.75) is 31.0 Å². The molecule has 0 aliphatic rings. The molecule has 0 bridgehead atoms. The average molecular weight is 273 g/mol. The van der Waals surface area contributed by atoms with Crippen LogP contribution in [-0.4, -0.2) is 4.21 Å². The summed E-state index contributed by atoms with van der Waals surface area (Å²) >= 11 is 0. The zero-order valence-corrected chi connectivity index (χ0v) is 12.2. The SMILES string of the molecule is Cc1cc(CN)ccc1CS(=O)c1ccccc1C. The van der Waals surface area contributed by atoms with Gasteiger partial charge >= 0.3 is 0 Å². The first-order valence-electron chi connectivity index (χ1n) is 6.34. The Balaban J connectivity index is 2.22. The molecule has 100 valence electrons. The van der Waals surface area contributed by atoms with E-state index < -0.39 is 10.8 Å². The summed E-state index contributed by atoms with van der Waals surface area (Å²) in [6.45, 7) is 4.59. The lowest BCUT2D eigenvalue weighted by molar-refractivity contribution is 0.682. The number of aryl methyl sites for hydroxylation is 2. The molecule has 2 aromatic rings. The van der Waals surface area contributed by atoms with Crippen LogP contribution in [0.2, 0.25) is 0 Å². The minimum atomic E-state index is -0.996. The first kappa shape index (κ1) is 14.0. The molecule has 2 N–H and O–H groups in total. The Morgan fingerprint density at radius 3 is 2.42 bits per heavy atom. The van der Waals surface area contributed by atoms with Crippen LogP contribution in [0.4, 0.5) is 0 Å². The molecule has 1 unspecified atom stereocenters. The summed E-state index contributed by atoms with van der Waals surface area (Å²) in [5.74, 6) is 0.557. The van der Waals surface area contributed by atoms with Gasteiger partial charge in [-0.15, -0.1) is 0 Å². The summed E-state index contributed by atoms with van der Waals surface area (Å²) in [5.41, 5.74) is 10.1. The Hall–Kier alpha value is -1.45. The van der Waals surface area contributed by atoms with Gasteiger partial charge in [0, 0.05) is 11.4 Å². The van der Waals surface area contributed by atoms with Crippen LogP contribution < -0.4 is 5.73 Å². The van der Waals surface area contributed by atoms with Crippen molar-refractivity contribution in [2.75, 3.05) is 0 Å². The fourth-order valence-electron chi connectivity index (χ4n) is 2.08. The standard InChI is InChI=1S/C16H19NOS/c1-12-5-3-4-6-16(12)19(18)11-15-8-7-14(10-17)9-13(15)2/h3-9H,10-11,17H2,1-2H3. The van der Waals surface area contributed by atoms with E-state index in [4.69, 9.17) is 5.73 Å². The fourth-order valence-corrected chi connectivity index (χ4v) is 3.50. The summed E-state index contributed by atoms with van der Waals surface area (Å²) < 4.78 is 12.4. The second-order valence-electron chi connectivity index (χ2n) is 4.72. The van der Waals surface area contributed by atoms with Crippen molar-refractivity contribution in [3.63, 3.8) is 0 Å². The van der Waals surface area contributed by atoms with E-state index in [2.05, 4.69) is 6.07 Å². The molecule has 2 aromatic carbocycles. The van der Waals surface area contributed by atoms with E-state index in [0.29, 0.717) is 12.3 Å². The highest BCUT2D eigenvalue weighted by Gasteiger charge is 2.09. The molecule has 2 nitrogen and oxygen atoms in total. The van der Waals surface area contributed by atoms with Gasteiger partial charge in [-0.2, -0.15) is 0 Å². The summed E-state index contributed by atoms with van der Waals surface area (Å²) in [6.07, 6.45) is 0. The molecule has 0 heterocycles. The van der Waals surface area contributed by atoms with Gasteiger partial charge in [0.15, 0.2) is 0 Å². The Morgan fingerprint density at radius 2 is 1.79 bits per heavy atom. The van der Waals surface area contributed by atoms with Crippen molar-refractivity contribution in [3.05, 3.63) is 64.7 Å². The molecule has 19 heavy (non-hydrogen) atoms. The summed E-state index contributed by atoms with van der Waals surface area (Å²) in [5, 5.41) is 0. The third kappa shape index (κ3) is 3.31. The van der Waals surface area contributed by atoms with Crippen molar-refractivity contribution in [1.29, 1.82) is 0 Å². The quantitative estimate of drug-likeness (QED) is 0.930. The third-order valence-electron chi connectivity index (χ3n) is 3.27. The van der Waals surface area contributed by atoms with Crippen molar-refractivity contribution in [3.8, 4) is 0 Å². The van der Waals surface area contributed by atoms with Crippen molar-refractivity contribution < 1.29 is 4.21 Å². The smallest absolute Gasteiger partial charge is 0.0576 e. The molecule has 0 amide bonds. The highest BCUT2D eigenvalue weighted by atomic mass is 32.2. The van der Waals surface area contributed by atoms with E-state index in [1.165, 1.54) is 0 Å². The summed E-state index contributed by atoms with van der Waals surface area (Å²) in [4.78, 5) is 0.921. The van der Waals surface area contributed by atoms with E-state index in [1.807, 2.05) is 50.2 Å². The summed E-state index contributed by atoms with van der Waals surface area (Å²) in [7, 11) is -0.996. The molecule has 0 spiro atoms. The van der Waals surface area contributed by atoms with Crippen LogP contribution in [0.3, 0.4) is 0 Å². The number of hydrogen-bond donors (Lipinski definition) is 1. The van der Waals surface area contributed by atoms with Crippen LogP contribution in [-0.2, 0) is 23.1 Å². The number of benzene rings is 2. The largest absolute Gasteiger partial charge is 0.326 e. The van der Waals surface area contributed by atoms with Gasteiger partial charge in [0.1, 0.15) is 0 Å². The fraction of sp³-hybridized carbons (Fsp3) is 0.250. The number of hydrogen-bond acceptors (Lipinski definition) is 2. The first-order chi connectivity index (χ1) is 9.11. The van der Waals surface area contributed by atoms with Crippen molar-refractivity contribution in [2.24, 2.45) is 5.73 Å². The lowest BCUT2D eigenvalue weighted by atomic mass is 10.1. The molecule has 2 rings (SSSR count). The second-order valence-corrected chi connectivity index (χ2v) is 6.14. The minimum Gasteiger partial charge on any atom is -0.326 e. The van der Waals surface area contributed by atoms with Gasteiger partial charge in [0.25, 0.3) is 0 Å². The van der Waals surface area contributed by atoms with Gasteiger partial charge in [-0.3, -0.25) is 4.21 Å². The molecule has 0 radical (unpaired) electrons. The minimum absolute atomic E-state index is 0.544. The number of nitrogens with two attached hydrogens (primary N) is 1. The van der Waals surface area contributed by atoms with Gasteiger partial charge in [-0.25, -0.2) is 0 Å². The molecule has 0 saturated carbocycles. The molecule has 0 saturated heterocycles. The monoisotopic (exact) mass is 273 g/mol. The van der Waals surface area contributed by atoms with E-state index in [-0.39, 0.29) is 0 Å². The maximum absolute atomic E-state index is 12.4. The van der Waals surface area contributed by atoms with Crippen molar-refractivity contribution >= 4 is 10.8 Å². The van der Waals surface area contributed by atoms with Gasteiger partial charge in [-0.05, 0) is 42.2 Å². The van der Waals surface area contributed by atoms with E-state index in [1.54, 1.807) is 0 Å². The molecular weight excluding hydrogens is 254 g/mol. The molecular formula is C16H19NOS. The predicted octanol–water partition coefficient (Wildman–Crippen LogP) is 3.07. The topological polar surface area (TPSA) is 43.1 Å². The van der Waals surface area contributed by atoms with Crippen LogP contribution in [0.5, 0.6) is 0 Å². The lowest BCUT2D eigenvalue weighted by Gasteiger charge is -2.09. The van der Waals surface area contributed by atoms with E-state index >= 15 is 0 Å². The second kappa shape index (κ2) is 6.13. The van der Waals surface area contributed by atoms with Gasteiger partial charge < -0.3 is 5.73 Å². The van der Waals surface area contributed by atoms with Crippen LogP contribution in [0, 0.1) is 13.8 Å². The van der Waals surface area contributed by atoms with Crippen LogP contribution in [0.15, 0.2) is 47.4 Å². The third-order valence-corrected chi connectivity index (χ3v) is 4.79. The average Bonchev–Trinajstić information content (AvgIpc) is 2.41. The highest BCUT2D eigenvalue weighted by Crippen LogP contribution is 2.19. The number of rotatable bonds is 4. The Bertz CT molecular complexity index is 607. The van der Waals surface area contributed by atoms with E-state index in [0.717, 1.165) is 27.1 Å². The van der Waals surface area contributed by atoms with Crippen LogP contribution >= 0.6 is 0 Å². The van der Waals surface area contributed by atoms with E-state index in [9.17, 15) is 4.21 Å². The first-order valence-corrected chi connectivity index (χ1v) is 7.66. The highest BCUT2D eigenvalue weighted by molar-refractivity contribution is 7.84. The molecule has 0 fully saturated rings. The van der Waals surface area contributed by atoms with Crippen LogP contribution in [0.1, 0.15) is 22.3 Å². The predicted molar refractivity (Wildman–Crippen MR) is 80.4 cm³/mol. The van der Waals surface area contributed by atoms with Crippen molar-refractivity contribution in [1.82, 2.24) is 0 Å². The zero-order valence-electron chi connectivity index (χ0n) is 11.3. The summed E-state index contributed by atoms with van der Waals surface area (Å²) in [6, 6.07) is 14.0. The molecule has 3 heteroatoms. The Labute approximate surface area is 117 Å². The maximum Gasteiger partial charge on any atom is 0.0576 e. The van der Waals surface area contributed by atoms with Gasteiger partial charge in [0.05, 0.1) is 16.6 Å². The Morgan fingerprint density at radius 1 is 1.05 bits per heavy atom.